The van der Waals surface area contributed by atoms with Gasteiger partial charge in [-0.15, -0.1) is 0 Å². The molecular weight excluding hydrogens is 376 g/mol. The van der Waals surface area contributed by atoms with Gasteiger partial charge in [0.25, 0.3) is 0 Å². The van der Waals surface area contributed by atoms with Crippen LogP contribution in [0.4, 0.5) is 0 Å². The molecule has 0 aliphatic carbocycles. The number of methoxy groups -OCH3 is 1. The van der Waals surface area contributed by atoms with Crippen LogP contribution < -0.4 is 4.74 Å². The van der Waals surface area contributed by atoms with E-state index in [1.807, 2.05) is 68.4 Å². The molecule has 3 aromatic rings. The smallest absolute Gasteiger partial charge is 0.337 e. The van der Waals surface area contributed by atoms with Crippen LogP contribution in [0.25, 0.3) is 6.08 Å². The minimum Gasteiger partial charge on any atom is -0.488 e. The number of allylic oxidation sites excluding steroid dienone is 1. The summed E-state index contributed by atoms with van der Waals surface area (Å²) in [6.45, 7) is 4.37. The van der Waals surface area contributed by atoms with Gasteiger partial charge in [0.1, 0.15) is 12.4 Å². The summed E-state index contributed by atoms with van der Waals surface area (Å²) in [5.41, 5.74) is 5.16. The Morgan fingerprint density at radius 3 is 2.27 bits per heavy atom. The Hall–Kier alpha value is -3.66. The van der Waals surface area contributed by atoms with Gasteiger partial charge in [-0.1, -0.05) is 42.5 Å². The van der Waals surface area contributed by atoms with E-state index in [9.17, 15) is 9.59 Å². The monoisotopic (exact) mass is 400 g/mol. The van der Waals surface area contributed by atoms with Crippen LogP contribution in [-0.2, 0) is 11.3 Å². The van der Waals surface area contributed by atoms with Gasteiger partial charge in [0.15, 0.2) is 5.78 Å². The third kappa shape index (κ3) is 5.23. The molecule has 4 nitrogen and oxygen atoms in total. The standard InChI is InChI=1S/C26H24O4/c1-18-8-11-23(16-19(18)2)24(27)15-14-21-6-4-5-7-25(21)30-17-20-9-12-22(13-10-20)26(28)29-3/h4-16H,17H2,1-3H3/b15-14+. The summed E-state index contributed by atoms with van der Waals surface area (Å²) < 4.78 is 10.7. The fourth-order valence-electron chi connectivity index (χ4n) is 2.92. The van der Waals surface area contributed by atoms with Crippen LogP contribution in [0.5, 0.6) is 5.75 Å². The minimum absolute atomic E-state index is 0.0497. The van der Waals surface area contributed by atoms with Crippen LogP contribution >= 0.6 is 0 Å². The molecule has 0 atom stereocenters. The molecule has 30 heavy (non-hydrogen) atoms. The van der Waals surface area contributed by atoms with Gasteiger partial charge in [-0.05, 0) is 67.0 Å². The molecule has 0 radical (unpaired) electrons. The summed E-state index contributed by atoms with van der Waals surface area (Å²) >= 11 is 0. The summed E-state index contributed by atoms with van der Waals surface area (Å²) in [6, 6.07) is 20.3. The summed E-state index contributed by atoms with van der Waals surface area (Å²) in [7, 11) is 1.36. The van der Waals surface area contributed by atoms with Crippen molar-refractivity contribution >= 4 is 17.8 Å². The van der Waals surface area contributed by atoms with E-state index in [4.69, 9.17) is 9.47 Å². The van der Waals surface area contributed by atoms with Gasteiger partial charge in [-0.25, -0.2) is 4.79 Å². The van der Waals surface area contributed by atoms with E-state index in [0.717, 1.165) is 22.3 Å². The number of aryl methyl sites for hydroxylation is 2. The molecule has 4 heteroatoms. The number of rotatable bonds is 7. The molecule has 0 bridgehead atoms. The largest absolute Gasteiger partial charge is 0.488 e. The van der Waals surface area contributed by atoms with Crippen molar-refractivity contribution in [2.75, 3.05) is 7.11 Å². The second-order valence-electron chi connectivity index (χ2n) is 7.01. The molecular formula is C26H24O4. The lowest BCUT2D eigenvalue weighted by Crippen LogP contribution is -2.02. The molecule has 0 N–H and O–H groups in total. The highest BCUT2D eigenvalue weighted by molar-refractivity contribution is 6.07. The maximum atomic E-state index is 12.5. The first-order valence-electron chi connectivity index (χ1n) is 9.66. The molecule has 0 heterocycles. The predicted molar refractivity (Wildman–Crippen MR) is 118 cm³/mol. The predicted octanol–water partition coefficient (Wildman–Crippen LogP) is 5.57. The number of esters is 1. The zero-order valence-corrected chi connectivity index (χ0v) is 17.3. The summed E-state index contributed by atoms with van der Waals surface area (Å²) in [5, 5.41) is 0. The molecule has 0 amide bonds. The van der Waals surface area contributed by atoms with E-state index in [2.05, 4.69) is 0 Å². The molecule has 0 unspecified atom stereocenters. The van der Waals surface area contributed by atoms with Crippen molar-refractivity contribution in [3.8, 4) is 5.75 Å². The number of ether oxygens (including phenoxy) is 2. The number of hydrogen-bond donors (Lipinski definition) is 0. The number of carbonyl (C=O) groups excluding carboxylic acids is 2. The number of carbonyl (C=O) groups is 2. The molecule has 0 aliphatic heterocycles. The third-order valence-corrected chi connectivity index (χ3v) is 4.89. The zero-order chi connectivity index (χ0) is 21.5. The van der Waals surface area contributed by atoms with Crippen molar-refractivity contribution in [3.05, 3.63) is 106 Å². The SMILES string of the molecule is COC(=O)c1ccc(COc2ccccc2/C=C/C(=O)c2ccc(C)c(C)c2)cc1. The van der Waals surface area contributed by atoms with Crippen LogP contribution in [0.1, 0.15) is 43.0 Å². The summed E-state index contributed by atoms with van der Waals surface area (Å²) in [5.74, 6) is 0.261. The minimum atomic E-state index is -0.369. The molecule has 0 fully saturated rings. The van der Waals surface area contributed by atoms with Gasteiger partial charge in [0.2, 0.25) is 0 Å². The average Bonchev–Trinajstić information content (AvgIpc) is 2.78. The number of ketones is 1. The third-order valence-electron chi connectivity index (χ3n) is 4.89. The molecule has 0 saturated carbocycles. The van der Waals surface area contributed by atoms with E-state index in [-0.39, 0.29) is 11.8 Å². The lowest BCUT2D eigenvalue weighted by atomic mass is 10.0. The Kier molecular flexibility index (Phi) is 6.81. The van der Waals surface area contributed by atoms with Crippen LogP contribution in [0, 0.1) is 13.8 Å². The fourth-order valence-corrected chi connectivity index (χ4v) is 2.92. The fraction of sp³-hybridized carbons (Fsp3) is 0.154. The van der Waals surface area contributed by atoms with E-state index >= 15 is 0 Å². The Morgan fingerprint density at radius 2 is 1.57 bits per heavy atom. The van der Waals surface area contributed by atoms with Crippen molar-refractivity contribution in [1.29, 1.82) is 0 Å². The number of benzene rings is 3. The molecule has 152 valence electrons. The second-order valence-corrected chi connectivity index (χ2v) is 7.01. The first kappa shape index (κ1) is 21.1. The van der Waals surface area contributed by atoms with E-state index in [0.29, 0.717) is 23.5 Å². The molecule has 0 saturated heterocycles. The lowest BCUT2D eigenvalue weighted by Gasteiger charge is -2.10. The van der Waals surface area contributed by atoms with Crippen molar-refractivity contribution in [1.82, 2.24) is 0 Å². The molecule has 0 aliphatic rings. The lowest BCUT2D eigenvalue weighted by molar-refractivity contribution is 0.0600. The second kappa shape index (κ2) is 9.70. The highest BCUT2D eigenvalue weighted by Gasteiger charge is 2.07. The molecule has 3 aromatic carbocycles. The van der Waals surface area contributed by atoms with Crippen molar-refractivity contribution in [2.45, 2.75) is 20.5 Å². The van der Waals surface area contributed by atoms with Crippen molar-refractivity contribution in [3.63, 3.8) is 0 Å². The molecule has 0 spiro atoms. The van der Waals surface area contributed by atoms with E-state index in [1.165, 1.54) is 7.11 Å². The Labute approximate surface area is 176 Å². The van der Waals surface area contributed by atoms with Gasteiger partial charge >= 0.3 is 5.97 Å². The Balaban J connectivity index is 1.69. The first-order valence-corrected chi connectivity index (χ1v) is 9.66. The highest BCUT2D eigenvalue weighted by Crippen LogP contribution is 2.21. The maximum Gasteiger partial charge on any atom is 0.337 e. The van der Waals surface area contributed by atoms with Crippen LogP contribution in [0.2, 0.25) is 0 Å². The zero-order valence-electron chi connectivity index (χ0n) is 17.3. The maximum absolute atomic E-state index is 12.5. The van der Waals surface area contributed by atoms with Gasteiger partial charge in [0, 0.05) is 11.1 Å². The van der Waals surface area contributed by atoms with Gasteiger partial charge in [-0.2, -0.15) is 0 Å². The van der Waals surface area contributed by atoms with Crippen LogP contribution in [0.15, 0.2) is 72.8 Å². The quantitative estimate of drug-likeness (QED) is 0.296. The van der Waals surface area contributed by atoms with Crippen LogP contribution in [-0.4, -0.2) is 18.9 Å². The Morgan fingerprint density at radius 1 is 0.867 bits per heavy atom. The van der Waals surface area contributed by atoms with Crippen molar-refractivity contribution in [2.24, 2.45) is 0 Å². The molecule has 3 rings (SSSR count). The van der Waals surface area contributed by atoms with Gasteiger partial charge in [-0.3, -0.25) is 4.79 Å². The van der Waals surface area contributed by atoms with E-state index < -0.39 is 0 Å². The summed E-state index contributed by atoms with van der Waals surface area (Å²) in [4.78, 5) is 24.0. The van der Waals surface area contributed by atoms with Gasteiger partial charge in [0.05, 0.1) is 12.7 Å². The highest BCUT2D eigenvalue weighted by atomic mass is 16.5. The van der Waals surface area contributed by atoms with Crippen molar-refractivity contribution < 1.29 is 19.1 Å². The molecule has 0 aromatic heterocycles. The Bertz CT molecular complexity index is 1080. The van der Waals surface area contributed by atoms with E-state index in [1.54, 1.807) is 24.3 Å². The summed E-state index contributed by atoms with van der Waals surface area (Å²) in [6.07, 6.45) is 3.34. The van der Waals surface area contributed by atoms with Gasteiger partial charge < -0.3 is 9.47 Å². The average molecular weight is 400 g/mol. The number of hydrogen-bond acceptors (Lipinski definition) is 4. The topological polar surface area (TPSA) is 52.6 Å². The number of para-hydroxylation sites is 1. The van der Waals surface area contributed by atoms with Crippen LogP contribution in [0.3, 0.4) is 0 Å². The normalized spacial score (nSPS) is 10.8. The first-order chi connectivity index (χ1) is 14.5.